The molecule has 0 aromatic rings. The van der Waals surface area contributed by atoms with Crippen molar-refractivity contribution in [2.24, 2.45) is 17.3 Å². The zero-order valence-corrected chi connectivity index (χ0v) is 15.6. The average Bonchev–Trinajstić information content (AvgIpc) is 2.29. The number of alkyl halides is 2. The van der Waals surface area contributed by atoms with Gasteiger partial charge >= 0.3 is 11.9 Å². The molecular formula is C17H28F2O3Si. The van der Waals surface area contributed by atoms with Crippen LogP contribution in [0.2, 0.25) is 19.6 Å². The van der Waals surface area contributed by atoms with Crippen LogP contribution in [-0.2, 0) is 14.0 Å². The van der Waals surface area contributed by atoms with Gasteiger partial charge in [0.2, 0.25) is 0 Å². The number of hydrogen-bond donors (Lipinski definition) is 0. The monoisotopic (exact) mass is 346 g/mol. The highest BCUT2D eigenvalue weighted by atomic mass is 28.4. The fraction of sp³-hybridized carbons (Fsp3) is 0.941. The zero-order valence-electron chi connectivity index (χ0n) is 14.6. The van der Waals surface area contributed by atoms with Crippen molar-refractivity contribution in [3.05, 3.63) is 0 Å². The molecule has 132 valence electrons. The number of ether oxygens (including phenoxy) is 1. The molecule has 0 aromatic heterocycles. The maximum atomic E-state index is 13.1. The average molecular weight is 346 g/mol. The van der Waals surface area contributed by atoms with Crippen molar-refractivity contribution in [1.29, 1.82) is 0 Å². The Morgan fingerprint density at radius 1 is 1.17 bits per heavy atom. The minimum absolute atomic E-state index is 0.101. The first-order chi connectivity index (χ1) is 10.4. The van der Waals surface area contributed by atoms with Crippen LogP contribution in [0.15, 0.2) is 0 Å². The van der Waals surface area contributed by atoms with Gasteiger partial charge in [-0.05, 0) is 70.0 Å². The maximum absolute atomic E-state index is 13.1. The van der Waals surface area contributed by atoms with E-state index in [0.29, 0.717) is 18.8 Å². The van der Waals surface area contributed by atoms with E-state index < -0.39 is 20.2 Å². The second kappa shape index (κ2) is 5.25. The lowest BCUT2D eigenvalue weighted by molar-refractivity contribution is -0.193. The molecule has 4 fully saturated rings. The lowest BCUT2D eigenvalue weighted by Gasteiger charge is -2.62. The summed E-state index contributed by atoms with van der Waals surface area (Å²) in [4.78, 5) is 11.5. The molecule has 4 aliphatic carbocycles. The minimum atomic E-state index is -3.41. The molecule has 0 aliphatic heterocycles. The molecule has 4 bridgehead atoms. The quantitative estimate of drug-likeness (QED) is 0.547. The minimum Gasteiger partial charge on any atom is -0.461 e. The number of esters is 1. The Morgan fingerprint density at radius 2 is 1.74 bits per heavy atom. The van der Waals surface area contributed by atoms with E-state index in [4.69, 9.17) is 9.16 Å². The van der Waals surface area contributed by atoms with E-state index in [1.807, 2.05) is 0 Å². The molecule has 0 spiro atoms. The Morgan fingerprint density at radius 3 is 2.22 bits per heavy atom. The molecule has 4 rings (SSSR count). The third-order valence-electron chi connectivity index (χ3n) is 5.52. The van der Waals surface area contributed by atoms with Crippen molar-refractivity contribution < 1.29 is 22.7 Å². The summed E-state index contributed by atoms with van der Waals surface area (Å²) >= 11 is 0. The van der Waals surface area contributed by atoms with Gasteiger partial charge < -0.3 is 9.16 Å². The lowest BCUT2D eigenvalue weighted by atomic mass is 9.48. The summed E-state index contributed by atoms with van der Waals surface area (Å²) in [7, 11) is -1.68. The molecule has 2 unspecified atom stereocenters. The number of carbonyl (C=O) groups excluding carboxylic acids is 1. The van der Waals surface area contributed by atoms with Crippen molar-refractivity contribution in [3.63, 3.8) is 0 Å². The van der Waals surface area contributed by atoms with E-state index in [1.54, 1.807) is 0 Å². The van der Waals surface area contributed by atoms with Crippen molar-refractivity contribution >= 4 is 14.3 Å². The van der Waals surface area contributed by atoms with Crippen LogP contribution in [0.4, 0.5) is 8.78 Å². The lowest BCUT2D eigenvalue weighted by Crippen LogP contribution is -2.60. The van der Waals surface area contributed by atoms with Crippen LogP contribution in [0.25, 0.3) is 0 Å². The molecule has 0 radical (unpaired) electrons. The van der Waals surface area contributed by atoms with E-state index in [1.165, 1.54) is 6.42 Å². The summed E-state index contributed by atoms with van der Waals surface area (Å²) in [6.07, 6.45) is 6.24. The number of halogens is 2. The van der Waals surface area contributed by atoms with E-state index in [9.17, 15) is 13.6 Å². The SMILES string of the molecule is CC(F)(F)C(=O)OCC12CC3CC(C1)CC(O[Si](C)(C)C)(C3)C2. The Hall–Kier alpha value is -0.493. The molecule has 0 aromatic carbocycles. The van der Waals surface area contributed by atoms with Crippen LogP contribution in [0.1, 0.15) is 45.4 Å². The predicted octanol–water partition coefficient (Wildman–Crippen LogP) is 4.38. The number of rotatable bonds is 5. The fourth-order valence-electron chi connectivity index (χ4n) is 5.65. The molecule has 3 nitrogen and oxygen atoms in total. The first-order valence-corrected chi connectivity index (χ1v) is 12.1. The smallest absolute Gasteiger partial charge is 0.376 e. The maximum Gasteiger partial charge on any atom is 0.376 e. The highest BCUT2D eigenvalue weighted by molar-refractivity contribution is 6.69. The van der Waals surface area contributed by atoms with E-state index in [2.05, 4.69) is 19.6 Å². The van der Waals surface area contributed by atoms with E-state index in [0.717, 1.165) is 32.1 Å². The molecule has 4 saturated carbocycles. The standard InChI is InChI=1S/C17H28F2O3Si/c1-15(18,19)14(20)21-11-16-6-12-5-13(7-16)9-17(8-12,10-16)22-23(2,3)4/h12-13H,5-11H2,1-4H3. The summed E-state index contributed by atoms with van der Waals surface area (Å²) < 4.78 is 37.8. The summed E-state index contributed by atoms with van der Waals surface area (Å²) in [5.41, 5.74) is -0.250. The topological polar surface area (TPSA) is 35.5 Å². The molecule has 0 amide bonds. The van der Waals surface area contributed by atoms with Gasteiger partial charge in [-0.3, -0.25) is 0 Å². The van der Waals surface area contributed by atoms with Crippen molar-refractivity contribution in [3.8, 4) is 0 Å². The van der Waals surface area contributed by atoms with Gasteiger partial charge in [0.25, 0.3) is 0 Å². The highest BCUT2D eigenvalue weighted by Gasteiger charge is 2.59. The van der Waals surface area contributed by atoms with Crippen LogP contribution in [0, 0.1) is 17.3 Å². The first-order valence-electron chi connectivity index (χ1n) is 8.66. The molecule has 0 heterocycles. The van der Waals surface area contributed by atoms with Crippen molar-refractivity contribution in [2.75, 3.05) is 6.61 Å². The van der Waals surface area contributed by atoms with Gasteiger partial charge in [-0.2, -0.15) is 8.78 Å². The van der Waals surface area contributed by atoms with Crippen LogP contribution in [0.3, 0.4) is 0 Å². The Kier molecular flexibility index (Phi) is 3.96. The molecule has 0 saturated heterocycles. The third-order valence-corrected chi connectivity index (χ3v) is 6.56. The largest absolute Gasteiger partial charge is 0.461 e. The summed E-state index contributed by atoms with van der Waals surface area (Å²) in [6.45, 7) is 7.34. The molecule has 23 heavy (non-hydrogen) atoms. The van der Waals surface area contributed by atoms with Crippen LogP contribution in [0.5, 0.6) is 0 Å². The zero-order chi connectivity index (χ0) is 17.1. The third kappa shape index (κ3) is 3.63. The Balaban J connectivity index is 1.74. The Labute approximate surface area is 138 Å². The van der Waals surface area contributed by atoms with Crippen LogP contribution < -0.4 is 0 Å². The predicted molar refractivity (Wildman–Crippen MR) is 85.9 cm³/mol. The highest BCUT2D eigenvalue weighted by Crippen LogP contribution is 2.63. The summed E-state index contributed by atoms with van der Waals surface area (Å²) in [5, 5.41) is 0. The van der Waals surface area contributed by atoms with Gasteiger partial charge in [-0.1, -0.05) is 0 Å². The van der Waals surface area contributed by atoms with Crippen LogP contribution >= 0.6 is 0 Å². The molecule has 4 aliphatic rings. The van der Waals surface area contributed by atoms with E-state index in [-0.39, 0.29) is 17.6 Å². The number of hydrogen-bond acceptors (Lipinski definition) is 3. The van der Waals surface area contributed by atoms with E-state index >= 15 is 0 Å². The fourth-order valence-corrected chi connectivity index (χ4v) is 7.19. The second-order valence-electron chi connectivity index (χ2n) is 9.32. The molecular weight excluding hydrogens is 318 g/mol. The van der Waals surface area contributed by atoms with Crippen LogP contribution in [-0.4, -0.2) is 32.4 Å². The molecule has 0 N–H and O–H groups in total. The summed E-state index contributed by atoms with van der Waals surface area (Å²) in [5.74, 6) is -3.62. The van der Waals surface area contributed by atoms with Gasteiger partial charge in [0.1, 0.15) is 0 Å². The Bertz CT molecular complexity index is 481. The van der Waals surface area contributed by atoms with Gasteiger partial charge in [-0.25, -0.2) is 4.79 Å². The second-order valence-corrected chi connectivity index (χ2v) is 13.8. The van der Waals surface area contributed by atoms with Gasteiger partial charge in [-0.15, -0.1) is 0 Å². The molecule has 2 atom stereocenters. The van der Waals surface area contributed by atoms with Crippen molar-refractivity contribution in [2.45, 2.75) is 76.6 Å². The first kappa shape index (κ1) is 17.3. The van der Waals surface area contributed by atoms with Crippen molar-refractivity contribution in [1.82, 2.24) is 0 Å². The summed E-state index contributed by atoms with van der Waals surface area (Å²) in [6, 6.07) is 0. The normalized spacial score (nSPS) is 39.6. The van der Waals surface area contributed by atoms with Gasteiger partial charge in [0.15, 0.2) is 8.32 Å². The number of carbonyl (C=O) groups is 1. The van der Waals surface area contributed by atoms with Gasteiger partial charge in [0.05, 0.1) is 12.2 Å². The molecule has 6 heteroatoms. The van der Waals surface area contributed by atoms with Gasteiger partial charge in [0, 0.05) is 12.3 Å².